The summed E-state index contributed by atoms with van der Waals surface area (Å²) in [5, 5.41) is 13.8. The first kappa shape index (κ1) is 21.8. The molecule has 0 unspecified atom stereocenters. The minimum Gasteiger partial charge on any atom is -0.480 e. The third kappa shape index (κ3) is 5.16. The zero-order chi connectivity index (χ0) is 21.9. The largest absolute Gasteiger partial charge is 0.480 e. The van der Waals surface area contributed by atoms with Gasteiger partial charge in [-0.25, -0.2) is 4.79 Å². The van der Waals surface area contributed by atoms with Crippen molar-refractivity contribution < 1.29 is 37.4 Å². The maximum Gasteiger partial charge on any atom is 0.416 e. The smallest absolute Gasteiger partial charge is 0.416 e. The number of carboxylic acid groups (broad SMARTS) is 1. The number of ether oxygens (including phenoxy) is 1. The van der Waals surface area contributed by atoms with Crippen molar-refractivity contribution in [3.05, 3.63) is 45.8 Å². The SMILES string of the molecule is O=C(O)COCC(=O)Nc1sc2c(c1C(=O)Nc1cccc(C(F)(F)F)c1)CCC2. The van der Waals surface area contributed by atoms with Crippen LogP contribution in [0.5, 0.6) is 0 Å². The van der Waals surface area contributed by atoms with E-state index in [-0.39, 0.29) is 16.3 Å². The van der Waals surface area contributed by atoms with Gasteiger partial charge in [0.15, 0.2) is 0 Å². The molecule has 160 valence electrons. The van der Waals surface area contributed by atoms with Crippen molar-refractivity contribution in [1.29, 1.82) is 0 Å². The van der Waals surface area contributed by atoms with Crippen molar-refractivity contribution in [2.75, 3.05) is 23.8 Å². The Balaban J connectivity index is 1.79. The number of aliphatic carboxylic acids is 1. The number of carboxylic acids is 1. The molecule has 0 fully saturated rings. The number of hydrogen-bond acceptors (Lipinski definition) is 5. The molecule has 0 aliphatic heterocycles. The standard InChI is InChI=1S/C19H17F3N2O5S/c20-19(21,22)10-3-1-4-11(7-10)23-17(28)16-12-5-2-6-13(12)30-18(16)24-14(25)8-29-9-15(26)27/h1,3-4,7H,2,5-6,8-9H2,(H,23,28)(H,24,25)(H,26,27). The highest BCUT2D eigenvalue weighted by Crippen LogP contribution is 2.39. The van der Waals surface area contributed by atoms with E-state index in [1.165, 1.54) is 23.5 Å². The molecule has 1 aromatic carbocycles. The van der Waals surface area contributed by atoms with Crippen molar-refractivity contribution in [2.45, 2.75) is 25.4 Å². The van der Waals surface area contributed by atoms with Gasteiger partial charge in [0.25, 0.3) is 11.8 Å². The fraction of sp³-hybridized carbons (Fsp3) is 0.316. The van der Waals surface area contributed by atoms with Crippen molar-refractivity contribution in [2.24, 2.45) is 0 Å². The van der Waals surface area contributed by atoms with Crippen LogP contribution < -0.4 is 10.6 Å². The highest BCUT2D eigenvalue weighted by atomic mass is 32.1. The zero-order valence-corrected chi connectivity index (χ0v) is 16.3. The number of carbonyl (C=O) groups is 3. The summed E-state index contributed by atoms with van der Waals surface area (Å²) >= 11 is 1.22. The molecule has 30 heavy (non-hydrogen) atoms. The number of rotatable bonds is 7. The fourth-order valence-electron chi connectivity index (χ4n) is 3.09. The Hall–Kier alpha value is -2.92. The molecule has 3 rings (SSSR count). The summed E-state index contributed by atoms with van der Waals surface area (Å²) in [5.41, 5.74) is 0.0533. The van der Waals surface area contributed by atoms with Crippen LogP contribution in [0.25, 0.3) is 0 Å². The highest BCUT2D eigenvalue weighted by Gasteiger charge is 2.31. The molecule has 2 aromatic rings. The Bertz CT molecular complexity index is 987. The lowest BCUT2D eigenvalue weighted by molar-refractivity contribution is -0.143. The van der Waals surface area contributed by atoms with Gasteiger partial charge in [-0.15, -0.1) is 11.3 Å². The lowest BCUT2D eigenvalue weighted by atomic mass is 10.1. The molecule has 1 aliphatic carbocycles. The summed E-state index contributed by atoms with van der Waals surface area (Å²) in [6.07, 6.45) is -2.36. The Morgan fingerprint density at radius 3 is 2.60 bits per heavy atom. The van der Waals surface area contributed by atoms with Gasteiger partial charge in [0.2, 0.25) is 0 Å². The number of fused-ring (bicyclic) bond motifs is 1. The zero-order valence-electron chi connectivity index (χ0n) is 15.5. The Kier molecular flexibility index (Phi) is 6.42. The Labute approximate surface area is 172 Å². The van der Waals surface area contributed by atoms with E-state index >= 15 is 0 Å². The first-order chi connectivity index (χ1) is 14.1. The summed E-state index contributed by atoms with van der Waals surface area (Å²) in [6, 6.07) is 4.28. The lowest BCUT2D eigenvalue weighted by Crippen LogP contribution is -2.22. The van der Waals surface area contributed by atoms with Gasteiger partial charge in [-0.3, -0.25) is 9.59 Å². The van der Waals surface area contributed by atoms with Gasteiger partial charge < -0.3 is 20.5 Å². The molecule has 7 nitrogen and oxygen atoms in total. The van der Waals surface area contributed by atoms with E-state index in [9.17, 15) is 27.6 Å². The molecule has 0 radical (unpaired) electrons. The van der Waals surface area contributed by atoms with E-state index in [4.69, 9.17) is 9.84 Å². The highest BCUT2D eigenvalue weighted by molar-refractivity contribution is 7.17. The van der Waals surface area contributed by atoms with Crippen LogP contribution in [0.3, 0.4) is 0 Å². The van der Waals surface area contributed by atoms with E-state index in [0.717, 1.165) is 35.4 Å². The summed E-state index contributed by atoms with van der Waals surface area (Å²) in [4.78, 5) is 36.3. The quantitative estimate of drug-likeness (QED) is 0.608. The van der Waals surface area contributed by atoms with Gasteiger partial charge in [0.05, 0.1) is 11.1 Å². The van der Waals surface area contributed by atoms with E-state index in [1.807, 2.05) is 0 Å². The van der Waals surface area contributed by atoms with E-state index < -0.39 is 42.7 Å². The lowest BCUT2D eigenvalue weighted by Gasteiger charge is -2.12. The molecular formula is C19H17F3N2O5S. The number of hydrogen-bond donors (Lipinski definition) is 3. The van der Waals surface area contributed by atoms with Gasteiger partial charge in [-0.05, 0) is 43.0 Å². The second kappa shape index (κ2) is 8.84. The van der Waals surface area contributed by atoms with Crippen LogP contribution in [0.1, 0.15) is 32.8 Å². The van der Waals surface area contributed by atoms with Crippen molar-refractivity contribution in [3.63, 3.8) is 0 Å². The molecule has 2 amide bonds. The minimum absolute atomic E-state index is 0.0187. The second-order valence-corrected chi connectivity index (χ2v) is 7.63. The van der Waals surface area contributed by atoms with Crippen LogP contribution >= 0.6 is 11.3 Å². The van der Waals surface area contributed by atoms with E-state index in [1.54, 1.807) is 0 Å². The molecule has 1 heterocycles. The first-order valence-corrected chi connectivity index (χ1v) is 9.69. The fourth-order valence-corrected chi connectivity index (χ4v) is 4.40. The summed E-state index contributed by atoms with van der Waals surface area (Å²) in [5.74, 6) is -2.49. The molecule has 0 spiro atoms. The van der Waals surface area contributed by atoms with Gasteiger partial charge >= 0.3 is 12.1 Å². The van der Waals surface area contributed by atoms with Crippen LogP contribution in [-0.4, -0.2) is 36.1 Å². The van der Waals surface area contributed by atoms with Crippen molar-refractivity contribution in [1.82, 2.24) is 0 Å². The molecule has 1 aliphatic rings. The van der Waals surface area contributed by atoms with Crippen molar-refractivity contribution >= 4 is 39.8 Å². The summed E-state index contributed by atoms with van der Waals surface area (Å²) in [7, 11) is 0. The Morgan fingerprint density at radius 1 is 1.13 bits per heavy atom. The second-order valence-electron chi connectivity index (χ2n) is 6.53. The van der Waals surface area contributed by atoms with Crippen LogP contribution in [-0.2, 0) is 33.3 Å². The van der Waals surface area contributed by atoms with Crippen LogP contribution in [0.15, 0.2) is 24.3 Å². The average Bonchev–Trinajstić information content (AvgIpc) is 3.21. The maximum absolute atomic E-state index is 12.9. The monoisotopic (exact) mass is 442 g/mol. The topological polar surface area (TPSA) is 105 Å². The van der Waals surface area contributed by atoms with E-state index in [0.29, 0.717) is 6.42 Å². The minimum atomic E-state index is -4.54. The number of halogens is 3. The van der Waals surface area contributed by atoms with Crippen LogP contribution in [0.2, 0.25) is 0 Å². The normalized spacial score (nSPS) is 13.0. The molecule has 0 saturated heterocycles. The number of amides is 2. The van der Waals surface area contributed by atoms with Crippen LogP contribution in [0, 0.1) is 0 Å². The van der Waals surface area contributed by atoms with Crippen LogP contribution in [0.4, 0.5) is 23.9 Å². The number of nitrogens with one attached hydrogen (secondary N) is 2. The number of aryl methyl sites for hydroxylation is 1. The average molecular weight is 442 g/mol. The first-order valence-electron chi connectivity index (χ1n) is 8.87. The predicted octanol–water partition coefficient (Wildman–Crippen LogP) is 3.55. The number of benzene rings is 1. The molecule has 1 aromatic heterocycles. The Morgan fingerprint density at radius 2 is 1.90 bits per heavy atom. The van der Waals surface area contributed by atoms with Crippen molar-refractivity contribution in [3.8, 4) is 0 Å². The molecule has 11 heteroatoms. The van der Waals surface area contributed by atoms with Gasteiger partial charge in [0, 0.05) is 10.6 Å². The van der Waals surface area contributed by atoms with Gasteiger partial charge in [0.1, 0.15) is 18.2 Å². The third-order valence-electron chi connectivity index (χ3n) is 4.31. The summed E-state index contributed by atoms with van der Waals surface area (Å²) in [6.45, 7) is -1.15. The third-order valence-corrected chi connectivity index (χ3v) is 5.52. The van der Waals surface area contributed by atoms with Gasteiger partial charge in [-0.1, -0.05) is 6.07 Å². The molecular weight excluding hydrogens is 425 g/mol. The number of thiophene rings is 1. The molecule has 3 N–H and O–H groups in total. The van der Waals surface area contributed by atoms with Gasteiger partial charge in [-0.2, -0.15) is 13.2 Å². The molecule has 0 saturated carbocycles. The van der Waals surface area contributed by atoms with E-state index in [2.05, 4.69) is 10.6 Å². The number of anilines is 2. The number of alkyl halides is 3. The maximum atomic E-state index is 12.9. The predicted molar refractivity (Wildman–Crippen MR) is 103 cm³/mol. The molecule has 0 bridgehead atoms. The molecule has 0 atom stereocenters. The number of carbonyl (C=O) groups excluding carboxylic acids is 2. The summed E-state index contributed by atoms with van der Waals surface area (Å²) < 4.78 is 43.5.